The zero-order chi connectivity index (χ0) is 16.0. The maximum atomic E-state index is 12.9. The Morgan fingerprint density at radius 2 is 1.86 bits per heavy atom. The summed E-state index contributed by atoms with van der Waals surface area (Å²) in [6.07, 6.45) is 2.10. The molecule has 1 fully saturated rings. The first-order chi connectivity index (χ1) is 9.97. The summed E-state index contributed by atoms with van der Waals surface area (Å²) in [6.45, 7) is 11.5. The van der Waals surface area contributed by atoms with Gasteiger partial charge in [-0.15, -0.1) is 0 Å². The minimum Gasteiger partial charge on any atom is -0.380 e. The third kappa shape index (κ3) is 3.57. The average molecular weight is 298 g/mol. The zero-order valence-corrected chi connectivity index (χ0v) is 14.1. The number of piperazine rings is 1. The van der Waals surface area contributed by atoms with Crippen LogP contribution >= 0.6 is 0 Å². The van der Waals surface area contributed by atoms with Gasteiger partial charge in [0.1, 0.15) is 11.6 Å². The fourth-order valence-corrected chi connectivity index (χ4v) is 2.97. The fraction of sp³-hybridized carbons (Fsp3) is 0.875. The lowest BCUT2D eigenvalue weighted by Crippen LogP contribution is -2.71. The Morgan fingerprint density at radius 3 is 2.33 bits per heavy atom. The number of nitrogens with zero attached hydrogens (tertiary/aromatic N) is 1. The van der Waals surface area contributed by atoms with Crippen molar-refractivity contribution in [3.8, 4) is 0 Å². The van der Waals surface area contributed by atoms with Crippen LogP contribution in [0.5, 0.6) is 0 Å². The summed E-state index contributed by atoms with van der Waals surface area (Å²) in [5.41, 5.74) is -0.743. The third-order valence-corrected chi connectivity index (χ3v) is 4.71. The second kappa shape index (κ2) is 7.78. The van der Waals surface area contributed by atoms with Crippen molar-refractivity contribution in [2.24, 2.45) is 5.92 Å². The van der Waals surface area contributed by atoms with Gasteiger partial charge >= 0.3 is 0 Å². The molecule has 1 heterocycles. The Bertz CT molecular complexity index is 367. The van der Waals surface area contributed by atoms with E-state index in [0.717, 1.165) is 6.42 Å². The number of hydrogen-bond acceptors (Lipinski definition) is 3. The molecule has 2 amide bonds. The van der Waals surface area contributed by atoms with Gasteiger partial charge in [-0.25, -0.2) is 0 Å². The van der Waals surface area contributed by atoms with E-state index in [9.17, 15) is 9.59 Å². The molecule has 0 spiro atoms. The molecule has 0 aliphatic carbocycles. The minimum atomic E-state index is -0.743. The van der Waals surface area contributed by atoms with Crippen molar-refractivity contribution in [2.45, 2.75) is 65.5 Å². The van der Waals surface area contributed by atoms with Crippen molar-refractivity contribution in [1.29, 1.82) is 0 Å². The highest BCUT2D eigenvalue weighted by Gasteiger charge is 2.49. The topological polar surface area (TPSA) is 58.6 Å². The van der Waals surface area contributed by atoms with Gasteiger partial charge in [0, 0.05) is 13.2 Å². The van der Waals surface area contributed by atoms with Crippen LogP contribution in [0.15, 0.2) is 0 Å². The Labute approximate surface area is 128 Å². The maximum absolute atomic E-state index is 12.9. The second-order valence-corrected chi connectivity index (χ2v) is 5.80. The van der Waals surface area contributed by atoms with Crippen molar-refractivity contribution in [3.63, 3.8) is 0 Å². The molecule has 0 aromatic rings. The molecule has 0 aromatic carbocycles. The van der Waals surface area contributed by atoms with Crippen LogP contribution in [0.4, 0.5) is 0 Å². The van der Waals surface area contributed by atoms with Gasteiger partial charge in [-0.1, -0.05) is 34.1 Å². The smallest absolute Gasteiger partial charge is 0.249 e. The van der Waals surface area contributed by atoms with E-state index in [-0.39, 0.29) is 23.8 Å². The lowest BCUT2D eigenvalue weighted by atomic mass is 9.84. The molecule has 1 rings (SSSR count). The van der Waals surface area contributed by atoms with Crippen LogP contribution in [0.1, 0.15) is 53.9 Å². The Balaban J connectivity index is 3.04. The molecule has 1 aliphatic heterocycles. The first-order valence-corrected chi connectivity index (χ1v) is 8.18. The molecule has 0 bridgehead atoms. The number of nitrogens with one attached hydrogen (secondary N) is 1. The van der Waals surface area contributed by atoms with Crippen LogP contribution in [-0.4, -0.2) is 48.1 Å². The molecule has 2 atom stereocenters. The van der Waals surface area contributed by atoms with E-state index in [1.54, 1.807) is 4.90 Å². The molecule has 0 aromatic heterocycles. The lowest BCUT2D eigenvalue weighted by molar-refractivity contribution is -0.158. The number of carbonyl (C=O) groups excluding carboxylic acids is 2. The Morgan fingerprint density at radius 1 is 1.24 bits per heavy atom. The predicted molar refractivity (Wildman–Crippen MR) is 82.9 cm³/mol. The molecule has 122 valence electrons. The van der Waals surface area contributed by atoms with Crippen LogP contribution in [0, 0.1) is 5.92 Å². The largest absolute Gasteiger partial charge is 0.380 e. The summed E-state index contributed by atoms with van der Waals surface area (Å²) in [7, 11) is 0. The molecule has 5 heteroatoms. The van der Waals surface area contributed by atoms with Gasteiger partial charge in [-0.05, 0) is 25.7 Å². The summed E-state index contributed by atoms with van der Waals surface area (Å²) in [5.74, 6) is 0.156. The van der Waals surface area contributed by atoms with Gasteiger partial charge in [0.25, 0.3) is 0 Å². The molecule has 1 saturated heterocycles. The standard InChI is InChI=1S/C16H30N2O3/c1-6-12(5)13-14(19)17-16(7-2,8-3)15(20)18(13)10-11-21-9-4/h12-13H,6-11H2,1-5H3,(H,17,19). The Hall–Kier alpha value is -1.10. The molecule has 2 unspecified atom stereocenters. The van der Waals surface area contributed by atoms with Crippen molar-refractivity contribution in [1.82, 2.24) is 10.2 Å². The van der Waals surface area contributed by atoms with Gasteiger partial charge < -0.3 is 15.0 Å². The zero-order valence-electron chi connectivity index (χ0n) is 14.1. The highest BCUT2D eigenvalue weighted by Crippen LogP contribution is 2.28. The molecule has 21 heavy (non-hydrogen) atoms. The van der Waals surface area contributed by atoms with Gasteiger partial charge in [-0.3, -0.25) is 9.59 Å². The Kier molecular flexibility index (Phi) is 6.65. The van der Waals surface area contributed by atoms with E-state index >= 15 is 0 Å². The minimum absolute atomic E-state index is 0.0239. The molecule has 1 N–H and O–H groups in total. The molecule has 5 nitrogen and oxygen atoms in total. The van der Waals surface area contributed by atoms with Crippen LogP contribution in [-0.2, 0) is 14.3 Å². The number of amides is 2. The molecule has 0 radical (unpaired) electrons. The summed E-state index contributed by atoms with van der Waals surface area (Å²) < 4.78 is 5.39. The van der Waals surface area contributed by atoms with Crippen LogP contribution < -0.4 is 5.32 Å². The van der Waals surface area contributed by atoms with Crippen molar-refractivity contribution >= 4 is 11.8 Å². The van der Waals surface area contributed by atoms with E-state index in [1.807, 2.05) is 34.6 Å². The maximum Gasteiger partial charge on any atom is 0.249 e. The van der Waals surface area contributed by atoms with Gasteiger partial charge in [-0.2, -0.15) is 0 Å². The summed E-state index contributed by atoms with van der Waals surface area (Å²) >= 11 is 0. The predicted octanol–water partition coefficient (Wildman–Crippen LogP) is 1.95. The summed E-state index contributed by atoms with van der Waals surface area (Å²) in [5, 5.41) is 2.99. The monoisotopic (exact) mass is 298 g/mol. The van der Waals surface area contributed by atoms with E-state index in [1.165, 1.54) is 0 Å². The SMILES string of the molecule is CCOCCN1C(=O)C(CC)(CC)NC(=O)C1C(C)CC. The first kappa shape index (κ1) is 18.0. The van der Waals surface area contributed by atoms with E-state index in [4.69, 9.17) is 4.74 Å². The van der Waals surface area contributed by atoms with Crippen molar-refractivity contribution in [2.75, 3.05) is 19.8 Å². The van der Waals surface area contributed by atoms with Crippen molar-refractivity contribution in [3.05, 3.63) is 0 Å². The van der Waals surface area contributed by atoms with Crippen LogP contribution in [0.2, 0.25) is 0 Å². The van der Waals surface area contributed by atoms with Crippen LogP contribution in [0.3, 0.4) is 0 Å². The number of rotatable bonds is 8. The third-order valence-electron chi connectivity index (χ3n) is 4.71. The number of ether oxygens (including phenoxy) is 1. The normalized spacial score (nSPS) is 23.1. The van der Waals surface area contributed by atoms with E-state index in [0.29, 0.717) is 32.6 Å². The average Bonchev–Trinajstić information content (AvgIpc) is 2.49. The quantitative estimate of drug-likeness (QED) is 0.697. The van der Waals surface area contributed by atoms with E-state index in [2.05, 4.69) is 5.32 Å². The van der Waals surface area contributed by atoms with Gasteiger partial charge in [0.2, 0.25) is 11.8 Å². The van der Waals surface area contributed by atoms with E-state index < -0.39 is 5.54 Å². The molecular formula is C16H30N2O3. The number of carbonyl (C=O) groups is 2. The summed E-state index contributed by atoms with van der Waals surface area (Å²) in [6, 6.07) is -0.380. The highest BCUT2D eigenvalue weighted by molar-refractivity contribution is 6.00. The van der Waals surface area contributed by atoms with Gasteiger partial charge in [0.05, 0.1) is 6.61 Å². The molecule has 0 saturated carbocycles. The highest BCUT2D eigenvalue weighted by atomic mass is 16.5. The van der Waals surface area contributed by atoms with Gasteiger partial charge in [0.15, 0.2) is 0 Å². The molecule has 1 aliphatic rings. The van der Waals surface area contributed by atoms with Crippen molar-refractivity contribution < 1.29 is 14.3 Å². The first-order valence-electron chi connectivity index (χ1n) is 8.18. The van der Waals surface area contributed by atoms with Crippen LogP contribution in [0.25, 0.3) is 0 Å². The lowest BCUT2D eigenvalue weighted by Gasteiger charge is -2.47. The summed E-state index contributed by atoms with van der Waals surface area (Å²) in [4.78, 5) is 27.3. The molecular weight excluding hydrogens is 268 g/mol. The fourth-order valence-electron chi connectivity index (χ4n) is 2.97. The number of hydrogen-bond donors (Lipinski definition) is 1. The second-order valence-electron chi connectivity index (χ2n) is 5.80.